The largest absolute Gasteiger partial charge is 0.356 e. The number of hydrogen-bond donors (Lipinski definition) is 1. The molecule has 0 aliphatic carbocycles. The summed E-state index contributed by atoms with van der Waals surface area (Å²) in [5.41, 5.74) is 1.95. The van der Waals surface area contributed by atoms with Gasteiger partial charge < -0.3 is 10.2 Å². The molecule has 3 aromatic rings. The summed E-state index contributed by atoms with van der Waals surface area (Å²) in [7, 11) is 0. The van der Waals surface area contributed by atoms with E-state index in [0.717, 1.165) is 54.8 Å². The number of piperidine rings is 1. The third-order valence-electron chi connectivity index (χ3n) is 4.56. The predicted octanol–water partition coefficient (Wildman–Crippen LogP) is 3.10. The summed E-state index contributed by atoms with van der Waals surface area (Å²) in [6.07, 6.45) is 9.02. The molecule has 0 radical (unpaired) electrons. The Bertz CT molecular complexity index is 869. The van der Waals surface area contributed by atoms with Crippen molar-refractivity contribution in [2.45, 2.75) is 25.7 Å². The van der Waals surface area contributed by atoms with E-state index in [-0.39, 0.29) is 0 Å². The standard InChI is InChI=1S/C19H21N7/c1-14-4-2-6-16(24-14)25-19-18(21-9-10-22-19)15-5-3-11-26(12-15)17-7-8-20-13-23-17/h2,4,6-10,13,15H,3,5,11-12H2,1H3,(H,22,24,25). The summed E-state index contributed by atoms with van der Waals surface area (Å²) >= 11 is 0. The van der Waals surface area contributed by atoms with Gasteiger partial charge in [0.25, 0.3) is 0 Å². The lowest BCUT2D eigenvalue weighted by atomic mass is 9.94. The Balaban J connectivity index is 1.57. The van der Waals surface area contributed by atoms with E-state index in [1.807, 2.05) is 31.2 Å². The molecular weight excluding hydrogens is 326 g/mol. The van der Waals surface area contributed by atoms with E-state index in [4.69, 9.17) is 0 Å². The first-order valence-corrected chi connectivity index (χ1v) is 8.82. The van der Waals surface area contributed by atoms with Crippen LogP contribution in [0.5, 0.6) is 0 Å². The fraction of sp³-hybridized carbons (Fsp3) is 0.316. The zero-order valence-electron chi connectivity index (χ0n) is 14.7. The lowest BCUT2D eigenvalue weighted by molar-refractivity contribution is 0.498. The Labute approximate surface area is 152 Å². The highest BCUT2D eigenvalue weighted by atomic mass is 15.2. The first-order chi connectivity index (χ1) is 12.8. The third-order valence-corrected chi connectivity index (χ3v) is 4.56. The van der Waals surface area contributed by atoms with E-state index in [1.165, 1.54) is 0 Å². The molecule has 132 valence electrons. The lowest BCUT2D eigenvalue weighted by Gasteiger charge is -2.33. The van der Waals surface area contributed by atoms with Crippen molar-refractivity contribution in [3.8, 4) is 0 Å². The van der Waals surface area contributed by atoms with Gasteiger partial charge in [0, 0.05) is 43.3 Å². The Morgan fingerprint density at radius 1 is 1.08 bits per heavy atom. The second kappa shape index (κ2) is 7.43. The molecule has 1 unspecified atom stereocenters. The van der Waals surface area contributed by atoms with E-state index >= 15 is 0 Å². The molecule has 26 heavy (non-hydrogen) atoms. The average molecular weight is 347 g/mol. The topological polar surface area (TPSA) is 79.7 Å². The second-order valence-electron chi connectivity index (χ2n) is 6.43. The van der Waals surface area contributed by atoms with Crippen LogP contribution in [0.3, 0.4) is 0 Å². The quantitative estimate of drug-likeness (QED) is 0.777. The Morgan fingerprint density at radius 3 is 2.85 bits per heavy atom. The van der Waals surface area contributed by atoms with Crippen LogP contribution < -0.4 is 10.2 Å². The van der Waals surface area contributed by atoms with E-state index in [1.54, 1.807) is 24.9 Å². The molecule has 1 N–H and O–H groups in total. The molecule has 7 nitrogen and oxygen atoms in total. The Hall–Kier alpha value is -3.09. The van der Waals surface area contributed by atoms with Gasteiger partial charge in [0.05, 0.1) is 5.69 Å². The number of nitrogens with one attached hydrogen (secondary N) is 1. The summed E-state index contributed by atoms with van der Waals surface area (Å²) in [6, 6.07) is 7.86. The van der Waals surface area contributed by atoms with Gasteiger partial charge in [-0.1, -0.05) is 6.07 Å². The van der Waals surface area contributed by atoms with Crippen LogP contribution in [0.1, 0.15) is 30.1 Å². The molecular formula is C19H21N7. The number of aryl methyl sites for hydroxylation is 1. The number of aromatic nitrogens is 5. The van der Waals surface area contributed by atoms with Gasteiger partial charge in [0.2, 0.25) is 0 Å². The molecule has 1 saturated heterocycles. The zero-order chi connectivity index (χ0) is 17.8. The normalized spacial score (nSPS) is 17.1. The number of anilines is 3. The fourth-order valence-corrected chi connectivity index (χ4v) is 3.36. The predicted molar refractivity (Wildman–Crippen MR) is 101 cm³/mol. The highest BCUT2D eigenvalue weighted by Gasteiger charge is 2.26. The highest BCUT2D eigenvalue weighted by Crippen LogP contribution is 2.31. The molecule has 0 spiro atoms. The molecule has 3 aromatic heterocycles. The summed E-state index contributed by atoms with van der Waals surface area (Å²) < 4.78 is 0. The summed E-state index contributed by atoms with van der Waals surface area (Å²) in [6.45, 7) is 3.84. The molecule has 7 heteroatoms. The molecule has 0 amide bonds. The van der Waals surface area contributed by atoms with Gasteiger partial charge in [0.15, 0.2) is 5.82 Å². The van der Waals surface area contributed by atoms with Crippen molar-refractivity contribution in [1.29, 1.82) is 0 Å². The van der Waals surface area contributed by atoms with E-state index in [9.17, 15) is 0 Å². The number of hydrogen-bond acceptors (Lipinski definition) is 7. The third kappa shape index (κ3) is 3.61. The lowest BCUT2D eigenvalue weighted by Crippen LogP contribution is -2.35. The highest BCUT2D eigenvalue weighted by molar-refractivity contribution is 5.55. The van der Waals surface area contributed by atoms with Crippen molar-refractivity contribution in [2.75, 3.05) is 23.3 Å². The van der Waals surface area contributed by atoms with Crippen LogP contribution in [0.15, 0.2) is 49.2 Å². The second-order valence-corrected chi connectivity index (χ2v) is 6.43. The van der Waals surface area contributed by atoms with Crippen molar-refractivity contribution in [3.05, 3.63) is 60.6 Å². The van der Waals surface area contributed by atoms with Crippen molar-refractivity contribution >= 4 is 17.5 Å². The smallest absolute Gasteiger partial charge is 0.153 e. The molecule has 4 heterocycles. The molecule has 0 bridgehead atoms. The maximum Gasteiger partial charge on any atom is 0.153 e. The Kier molecular flexibility index (Phi) is 4.68. The van der Waals surface area contributed by atoms with Crippen LogP contribution in [0, 0.1) is 6.92 Å². The van der Waals surface area contributed by atoms with Gasteiger partial charge in [0.1, 0.15) is 18.0 Å². The van der Waals surface area contributed by atoms with Gasteiger partial charge in [-0.15, -0.1) is 0 Å². The fourth-order valence-electron chi connectivity index (χ4n) is 3.36. The molecule has 0 saturated carbocycles. The zero-order valence-corrected chi connectivity index (χ0v) is 14.7. The first-order valence-electron chi connectivity index (χ1n) is 8.82. The summed E-state index contributed by atoms with van der Waals surface area (Å²) in [5, 5.41) is 3.34. The van der Waals surface area contributed by atoms with Crippen molar-refractivity contribution in [1.82, 2.24) is 24.9 Å². The van der Waals surface area contributed by atoms with Gasteiger partial charge in [-0.2, -0.15) is 0 Å². The minimum absolute atomic E-state index is 0.291. The van der Waals surface area contributed by atoms with Crippen LogP contribution in [0.2, 0.25) is 0 Å². The maximum atomic E-state index is 4.64. The minimum atomic E-state index is 0.291. The monoisotopic (exact) mass is 347 g/mol. The molecule has 1 atom stereocenters. The molecule has 0 aromatic carbocycles. The first kappa shape index (κ1) is 16.4. The van der Waals surface area contributed by atoms with Crippen molar-refractivity contribution < 1.29 is 0 Å². The summed E-state index contributed by atoms with van der Waals surface area (Å²) in [4.78, 5) is 24.3. The number of pyridine rings is 1. The molecule has 1 aliphatic heterocycles. The number of nitrogens with zero attached hydrogens (tertiary/aromatic N) is 6. The van der Waals surface area contributed by atoms with E-state index in [2.05, 4.69) is 35.1 Å². The minimum Gasteiger partial charge on any atom is -0.356 e. The van der Waals surface area contributed by atoms with Gasteiger partial charge >= 0.3 is 0 Å². The van der Waals surface area contributed by atoms with Crippen LogP contribution in [-0.4, -0.2) is 38.0 Å². The van der Waals surface area contributed by atoms with Crippen LogP contribution >= 0.6 is 0 Å². The van der Waals surface area contributed by atoms with Gasteiger partial charge in [-0.25, -0.2) is 19.9 Å². The van der Waals surface area contributed by atoms with Gasteiger partial charge in [-0.05, 0) is 38.0 Å². The van der Waals surface area contributed by atoms with Crippen LogP contribution in [0.4, 0.5) is 17.5 Å². The number of rotatable bonds is 4. The van der Waals surface area contributed by atoms with Gasteiger partial charge in [-0.3, -0.25) is 4.98 Å². The van der Waals surface area contributed by atoms with E-state index < -0.39 is 0 Å². The van der Waals surface area contributed by atoms with E-state index in [0.29, 0.717) is 5.92 Å². The Morgan fingerprint density at radius 2 is 2.00 bits per heavy atom. The van der Waals surface area contributed by atoms with Crippen LogP contribution in [0.25, 0.3) is 0 Å². The maximum absolute atomic E-state index is 4.64. The average Bonchev–Trinajstić information content (AvgIpc) is 2.69. The van der Waals surface area contributed by atoms with Crippen molar-refractivity contribution in [2.24, 2.45) is 0 Å². The molecule has 1 fully saturated rings. The molecule has 4 rings (SSSR count). The molecule has 1 aliphatic rings. The SMILES string of the molecule is Cc1cccc(Nc2nccnc2C2CCCN(c3ccncn3)C2)n1. The van der Waals surface area contributed by atoms with Crippen LogP contribution in [-0.2, 0) is 0 Å². The van der Waals surface area contributed by atoms with Crippen molar-refractivity contribution in [3.63, 3.8) is 0 Å². The summed E-state index contributed by atoms with van der Waals surface area (Å²) in [5.74, 6) is 2.82.